The lowest BCUT2D eigenvalue weighted by atomic mass is 10.00. The molecule has 2 rings (SSSR count). The average Bonchev–Trinajstić information content (AvgIpc) is 2.27. The van der Waals surface area contributed by atoms with Gasteiger partial charge in [0.25, 0.3) is 0 Å². The molecule has 0 fully saturated rings. The minimum atomic E-state index is 0.130. The maximum absolute atomic E-state index is 11.6. The van der Waals surface area contributed by atoms with Crippen LogP contribution in [0, 0.1) is 0 Å². The van der Waals surface area contributed by atoms with E-state index in [0.717, 1.165) is 17.2 Å². The molecule has 0 atom stereocenters. The second kappa shape index (κ2) is 4.35. The van der Waals surface area contributed by atoms with Crippen LogP contribution in [0.4, 0.5) is 0 Å². The van der Waals surface area contributed by atoms with Crippen LogP contribution in [0.15, 0.2) is 36.4 Å². The zero-order valence-electron chi connectivity index (χ0n) is 8.99. The van der Waals surface area contributed by atoms with Crippen LogP contribution in [-0.4, -0.2) is 0 Å². The lowest BCUT2D eigenvalue weighted by Gasteiger charge is -2.05. The molecule has 15 heavy (non-hydrogen) atoms. The second-order valence-electron chi connectivity index (χ2n) is 3.87. The van der Waals surface area contributed by atoms with Gasteiger partial charge in [-0.05, 0) is 29.9 Å². The third-order valence-corrected chi connectivity index (χ3v) is 2.77. The van der Waals surface area contributed by atoms with E-state index in [9.17, 15) is 5.11 Å². The number of rotatable bonds is 3. The van der Waals surface area contributed by atoms with Crippen LogP contribution in [0.5, 0.6) is 5.75 Å². The van der Waals surface area contributed by atoms with E-state index < -0.39 is 0 Å². The Hall–Kier alpha value is -1.50. The first-order valence-electron chi connectivity index (χ1n) is 5.50. The molecule has 77 valence electrons. The summed E-state index contributed by atoms with van der Waals surface area (Å²) in [6.45, 7) is 2.18. The number of fused-ring (bicyclic) bond motifs is 1. The van der Waals surface area contributed by atoms with Gasteiger partial charge in [-0.15, -0.1) is 0 Å². The molecule has 0 unspecified atom stereocenters. The summed E-state index contributed by atoms with van der Waals surface area (Å²) in [5.41, 5.74) is 1.30. The quantitative estimate of drug-likeness (QED) is 0.701. The Morgan fingerprint density at radius 3 is 2.53 bits per heavy atom. The number of hydrogen-bond donors (Lipinski definition) is 0. The Kier molecular flexibility index (Phi) is 2.91. The summed E-state index contributed by atoms with van der Waals surface area (Å²) in [6, 6.07) is 11.5. The van der Waals surface area contributed by atoms with Crippen LogP contribution >= 0.6 is 0 Å². The van der Waals surface area contributed by atoms with Crippen molar-refractivity contribution < 1.29 is 5.11 Å². The Balaban J connectivity index is 2.51. The van der Waals surface area contributed by atoms with Crippen LogP contribution in [0.2, 0.25) is 0 Å². The fourth-order valence-electron chi connectivity index (χ4n) is 1.93. The third kappa shape index (κ3) is 1.96. The van der Waals surface area contributed by atoms with Crippen molar-refractivity contribution in [3.8, 4) is 5.75 Å². The van der Waals surface area contributed by atoms with Crippen LogP contribution in [0.3, 0.4) is 0 Å². The monoisotopic (exact) mass is 199 g/mol. The highest BCUT2D eigenvalue weighted by Crippen LogP contribution is 2.27. The number of unbranched alkanes of at least 4 members (excludes halogenated alkanes) is 1. The summed E-state index contributed by atoms with van der Waals surface area (Å²) in [7, 11) is 0. The van der Waals surface area contributed by atoms with Gasteiger partial charge >= 0.3 is 0 Å². The van der Waals surface area contributed by atoms with E-state index in [0.29, 0.717) is 0 Å². The number of aryl methyl sites for hydroxylation is 1. The number of benzene rings is 2. The smallest absolute Gasteiger partial charge is 0.186 e. The molecule has 0 aliphatic carbocycles. The summed E-state index contributed by atoms with van der Waals surface area (Å²) in [5, 5.41) is 13.6. The molecule has 0 aromatic heterocycles. The maximum Gasteiger partial charge on any atom is 0.186 e. The van der Waals surface area contributed by atoms with Gasteiger partial charge in [-0.2, -0.15) is 0 Å². The average molecular weight is 199 g/mol. The van der Waals surface area contributed by atoms with Crippen LogP contribution in [0.25, 0.3) is 10.8 Å². The second-order valence-corrected chi connectivity index (χ2v) is 3.87. The largest absolute Gasteiger partial charge is 0.289 e. The summed E-state index contributed by atoms with van der Waals surface area (Å²) in [4.78, 5) is 0. The van der Waals surface area contributed by atoms with E-state index in [1.54, 1.807) is 6.07 Å². The molecule has 1 nitrogen and oxygen atoms in total. The van der Waals surface area contributed by atoms with Gasteiger partial charge in [-0.1, -0.05) is 43.7 Å². The number of hydrogen-bond acceptors (Lipinski definition) is 0. The summed E-state index contributed by atoms with van der Waals surface area (Å²) >= 11 is 0. The van der Waals surface area contributed by atoms with Gasteiger partial charge < -0.3 is 0 Å². The maximum atomic E-state index is 11.6. The molecular formula is C14H15O. The van der Waals surface area contributed by atoms with Crippen LogP contribution in [0.1, 0.15) is 25.3 Å². The molecule has 0 spiro atoms. The molecule has 0 N–H and O–H groups in total. The van der Waals surface area contributed by atoms with Gasteiger partial charge in [-0.25, -0.2) is 0 Å². The fraction of sp³-hybridized carbons (Fsp3) is 0.286. The minimum Gasteiger partial charge on any atom is -0.289 e. The first kappa shape index (κ1) is 10.0. The van der Waals surface area contributed by atoms with Crippen molar-refractivity contribution in [3.05, 3.63) is 42.0 Å². The first-order chi connectivity index (χ1) is 7.33. The lowest BCUT2D eigenvalue weighted by molar-refractivity contribution is 0.360. The Bertz CT molecular complexity index is 460. The summed E-state index contributed by atoms with van der Waals surface area (Å²) in [5.74, 6) is 0.130. The molecule has 0 saturated carbocycles. The summed E-state index contributed by atoms with van der Waals surface area (Å²) in [6.07, 6.45) is 3.44. The van der Waals surface area contributed by atoms with Crippen molar-refractivity contribution in [3.63, 3.8) is 0 Å². The molecule has 2 aromatic rings. The van der Waals surface area contributed by atoms with Crippen molar-refractivity contribution in [2.24, 2.45) is 0 Å². The van der Waals surface area contributed by atoms with Crippen LogP contribution < -0.4 is 0 Å². The molecular weight excluding hydrogens is 184 g/mol. The molecule has 0 aliphatic rings. The van der Waals surface area contributed by atoms with Gasteiger partial charge in [0.05, 0.1) is 0 Å². The molecule has 0 bridgehead atoms. The summed E-state index contributed by atoms with van der Waals surface area (Å²) < 4.78 is 0. The normalized spacial score (nSPS) is 10.7. The highest BCUT2D eigenvalue weighted by Gasteiger charge is 2.04. The van der Waals surface area contributed by atoms with Gasteiger partial charge in [0.2, 0.25) is 0 Å². The minimum absolute atomic E-state index is 0.130. The first-order valence-corrected chi connectivity index (χ1v) is 5.50. The molecule has 0 heterocycles. The highest BCUT2D eigenvalue weighted by atomic mass is 16.3. The molecule has 1 heteroatoms. The molecule has 0 aliphatic heterocycles. The molecule has 2 aromatic carbocycles. The van der Waals surface area contributed by atoms with Crippen molar-refractivity contribution in [1.29, 1.82) is 0 Å². The standard InChI is InChI=1S/C14H15O/c1-2-3-6-11-7-4-9-13-12(11)8-5-10-14(13)15/h4-5,7-10H,2-3,6H2,1H3. The lowest BCUT2D eigenvalue weighted by Crippen LogP contribution is -1.86. The predicted molar refractivity (Wildman–Crippen MR) is 62.7 cm³/mol. The predicted octanol–water partition coefficient (Wildman–Crippen LogP) is 4.33. The Labute approximate surface area is 90.4 Å². The fourth-order valence-corrected chi connectivity index (χ4v) is 1.93. The topological polar surface area (TPSA) is 19.9 Å². The highest BCUT2D eigenvalue weighted by molar-refractivity contribution is 5.90. The van der Waals surface area contributed by atoms with Crippen molar-refractivity contribution in [2.75, 3.05) is 0 Å². The Morgan fingerprint density at radius 2 is 1.73 bits per heavy atom. The van der Waals surface area contributed by atoms with Gasteiger partial charge in [-0.3, -0.25) is 5.11 Å². The van der Waals surface area contributed by atoms with Crippen molar-refractivity contribution >= 4 is 10.8 Å². The Morgan fingerprint density at radius 1 is 1.00 bits per heavy atom. The molecule has 0 amide bonds. The van der Waals surface area contributed by atoms with E-state index >= 15 is 0 Å². The van der Waals surface area contributed by atoms with Gasteiger partial charge in [0.15, 0.2) is 5.75 Å². The SMILES string of the molecule is CCCCc1cccc2c([O])cccc12. The van der Waals surface area contributed by atoms with E-state index in [4.69, 9.17) is 0 Å². The molecule has 1 radical (unpaired) electrons. The zero-order chi connectivity index (χ0) is 10.7. The van der Waals surface area contributed by atoms with E-state index in [1.165, 1.54) is 18.4 Å². The molecule has 0 saturated heterocycles. The zero-order valence-corrected chi connectivity index (χ0v) is 8.99. The van der Waals surface area contributed by atoms with Crippen molar-refractivity contribution in [1.82, 2.24) is 0 Å². The van der Waals surface area contributed by atoms with E-state index in [-0.39, 0.29) is 5.75 Å². The van der Waals surface area contributed by atoms with Gasteiger partial charge in [0.1, 0.15) is 0 Å². The van der Waals surface area contributed by atoms with E-state index in [2.05, 4.69) is 13.0 Å². The van der Waals surface area contributed by atoms with Crippen molar-refractivity contribution in [2.45, 2.75) is 26.2 Å². The van der Waals surface area contributed by atoms with Crippen LogP contribution in [-0.2, 0) is 11.5 Å². The third-order valence-electron chi connectivity index (χ3n) is 2.77. The van der Waals surface area contributed by atoms with E-state index in [1.807, 2.05) is 24.3 Å². The van der Waals surface area contributed by atoms with Gasteiger partial charge in [0, 0.05) is 5.39 Å².